The Bertz CT molecular complexity index is 1130. The quantitative estimate of drug-likeness (QED) is 0.550. The molecule has 8 nitrogen and oxygen atoms in total. The Kier molecular flexibility index (Phi) is 4.67. The van der Waals surface area contributed by atoms with Crippen LogP contribution in [0.3, 0.4) is 0 Å². The number of hydrogen-bond acceptors (Lipinski definition) is 7. The van der Waals surface area contributed by atoms with Crippen LogP contribution in [-0.4, -0.2) is 40.7 Å². The molecule has 0 saturated carbocycles. The van der Waals surface area contributed by atoms with E-state index in [4.69, 9.17) is 19.2 Å². The molecule has 0 aliphatic carbocycles. The summed E-state index contributed by atoms with van der Waals surface area (Å²) in [6, 6.07) is 11.2. The third kappa shape index (κ3) is 3.16. The third-order valence-electron chi connectivity index (χ3n) is 4.29. The van der Waals surface area contributed by atoms with E-state index in [1.54, 1.807) is 33.7 Å². The highest BCUT2D eigenvalue weighted by Gasteiger charge is 2.13. The maximum absolute atomic E-state index is 5.41. The molecule has 8 heteroatoms. The molecule has 0 fully saturated rings. The standard InChI is InChI=1S/C20H19N5O3/c1-26-15-7-6-13(11-17(15)28-3)14-12-18-21-9-10-25(18)20(23-14)24-19-16(27-2)5-4-8-22-19/h4-12H,1-3H3,(H,22,23,24). The minimum Gasteiger partial charge on any atom is -0.493 e. The first-order valence-electron chi connectivity index (χ1n) is 8.56. The molecule has 1 N–H and O–H groups in total. The van der Waals surface area contributed by atoms with Gasteiger partial charge in [-0.1, -0.05) is 0 Å². The van der Waals surface area contributed by atoms with Gasteiger partial charge in [-0.2, -0.15) is 0 Å². The second-order valence-electron chi connectivity index (χ2n) is 5.87. The molecule has 0 radical (unpaired) electrons. The van der Waals surface area contributed by atoms with Crippen LogP contribution >= 0.6 is 0 Å². The van der Waals surface area contributed by atoms with E-state index in [9.17, 15) is 0 Å². The Morgan fingerprint density at radius 1 is 0.857 bits per heavy atom. The predicted molar refractivity (Wildman–Crippen MR) is 106 cm³/mol. The Balaban J connectivity index is 1.81. The van der Waals surface area contributed by atoms with E-state index < -0.39 is 0 Å². The molecule has 0 aliphatic heterocycles. The van der Waals surface area contributed by atoms with E-state index in [0.717, 1.165) is 16.9 Å². The van der Waals surface area contributed by atoms with E-state index in [1.165, 1.54) is 0 Å². The van der Waals surface area contributed by atoms with Gasteiger partial charge in [0, 0.05) is 30.2 Å². The first-order chi connectivity index (χ1) is 13.7. The number of methoxy groups -OCH3 is 3. The van der Waals surface area contributed by atoms with Gasteiger partial charge in [0.25, 0.3) is 0 Å². The largest absolute Gasteiger partial charge is 0.493 e. The van der Waals surface area contributed by atoms with Crippen LogP contribution in [0.4, 0.5) is 11.8 Å². The molecule has 0 aliphatic rings. The Morgan fingerprint density at radius 2 is 1.68 bits per heavy atom. The molecule has 0 unspecified atom stereocenters. The molecule has 1 aromatic carbocycles. The van der Waals surface area contributed by atoms with Crippen molar-refractivity contribution >= 4 is 17.4 Å². The molecule has 142 valence electrons. The smallest absolute Gasteiger partial charge is 0.215 e. The number of anilines is 2. The van der Waals surface area contributed by atoms with Crippen molar-refractivity contribution in [1.29, 1.82) is 0 Å². The van der Waals surface area contributed by atoms with Crippen molar-refractivity contribution in [1.82, 2.24) is 19.4 Å². The Morgan fingerprint density at radius 3 is 2.46 bits per heavy atom. The van der Waals surface area contributed by atoms with E-state index in [2.05, 4.69) is 15.3 Å². The first-order valence-corrected chi connectivity index (χ1v) is 8.56. The highest BCUT2D eigenvalue weighted by atomic mass is 16.5. The SMILES string of the molecule is COc1ccc(-c2cc3nccn3c(Nc3ncccc3OC)n2)cc1OC. The van der Waals surface area contributed by atoms with Crippen LogP contribution in [0.1, 0.15) is 0 Å². The summed E-state index contributed by atoms with van der Waals surface area (Å²) in [5.74, 6) is 3.04. The lowest BCUT2D eigenvalue weighted by molar-refractivity contribution is 0.355. The predicted octanol–water partition coefficient (Wildman–Crippen LogP) is 3.56. The fourth-order valence-corrected chi connectivity index (χ4v) is 2.91. The van der Waals surface area contributed by atoms with Crippen molar-refractivity contribution in [2.45, 2.75) is 0 Å². The van der Waals surface area contributed by atoms with Crippen molar-refractivity contribution in [3.8, 4) is 28.5 Å². The number of hydrogen-bond donors (Lipinski definition) is 1. The van der Waals surface area contributed by atoms with Crippen molar-refractivity contribution in [3.05, 3.63) is 55.0 Å². The number of nitrogens with one attached hydrogen (secondary N) is 1. The summed E-state index contributed by atoms with van der Waals surface area (Å²) < 4.78 is 17.9. The molecular weight excluding hydrogens is 358 g/mol. The summed E-state index contributed by atoms with van der Waals surface area (Å²) in [5, 5.41) is 3.23. The molecule has 0 atom stereocenters. The molecule has 0 spiro atoms. The van der Waals surface area contributed by atoms with Crippen LogP contribution in [0.5, 0.6) is 17.2 Å². The van der Waals surface area contributed by atoms with Gasteiger partial charge in [-0.25, -0.2) is 15.0 Å². The average Bonchev–Trinajstić information content (AvgIpc) is 3.22. The average molecular weight is 377 g/mol. The van der Waals surface area contributed by atoms with Crippen LogP contribution < -0.4 is 19.5 Å². The van der Waals surface area contributed by atoms with Gasteiger partial charge in [0.15, 0.2) is 23.1 Å². The Labute approximate surface area is 161 Å². The van der Waals surface area contributed by atoms with E-state index in [-0.39, 0.29) is 0 Å². The summed E-state index contributed by atoms with van der Waals surface area (Å²) in [7, 11) is 4.81. The summed E-state index contributed by atoms with van der Waals surface area (Å²) >= 11 is 0. The van der Waals surface area contributed by atoms with Crippen LogP contribution in [0, 0.1) is 0 Å². The van der Waals surface area contributed by atoms with Crippen LogP contribution in [0.2, 0.25) is 0 Å². The number of imidazole rings is 1. The maximum Gasteiger partial charge on any atom is 0.215 e. The fourth-order valence-electron chi connectivity index (χ4n) is 2.91. The number of benzene rings is 1. The highest BCUT2D eigenvalue weighted by Crippen LogP contribution is 2.33. The van der Waals surface area contributed by atoms with Gasteiger partial charge in [0.2, 0.25) is 5.95 Å². The zero-order valence-corrected chi connectivity index (χ0v) is 15.7. The van der Waals surface area contributed by atoms with E-state index >= 15 is 0 Å². The van der Waals surface area contributed by atoms with E-state index in [0.29, 0.717) is 29.0 Å². The minimum atomic E-state index is 0.566. The molecule has 3 aromatic heterocycles. The second kappa shape index (κ2) is 7.43. The lowest BCUT2D eigenvalue weighted by atomic mass is 10.1. The van der Waals surface area contributed by atoms with E-state index in [1.807, 2.05) is 47.0 Å². The summed E-state index contributed by atoms with van der Waals surface area (Å²) in [6.07, 6.45) is 5.24. The monoisotopic (exact) mass is 377 g/mol. The third-order valence-corrected chi connectivity index (χ3v) is 4.29. The molecule has 4 rings (SSSR count). The van der Waals surface area contributed by atoms with Gasteiger partial charge in [0.05, 0.1) is 27.0 Å². The number of fused-ring (bicyclic) bond motifs is 1. The molecular formula is C20H19N5O3. The summed E-state index contributed by atoms with van der Waals surface area (Å²) in [5.41, 5.74) is 2.36. The first kappa shape index (κ1) is 17.6. The van der Waals surface area contributed by atoms with Crippen LogP contribution in [0.25, 0.3) is 16.9 Å². The number of aromatic nitrogens is 4. The molecule has 3 heterocycles. The molecule has 0 bridgehead atoms. The number of ether oxygens (including phenoxy) is 3. The van der Waals surface area contributed by atoms with Crippen LogP contribution in [-0.2, 0) is 0 Å². The highest BCUT2D eigenvalue weighted by molar-refractivity contribution is 5.70. The second-order valence-corrected chi connectivity index (χ2v) is 5.87. The summed E-state index contributed by atoms with van der Waals surface area (Å²) in [6.45, 7) is 0. The zero-order chi connectivity index (χ0) is 19.5. The van der Waals surface area contributed by atoms with Crippen molar-refractivity contribution < 1.29 is 14.2 Å². The zero-order valence-electron chi connectivity index (χ0n) is 15.7. The summed E-state index contributed by atoms with van der Waals surface area (Å²) in [4.78, 5) is 13.5. The molecule has 0 saturated heterocycles. The fraction of sp³-hybridized carbons (Fsp3) is 0.150. The number of pyridine rings is 1. The van der Waals surface area contributed by atoms with Gasteiger partial charge < -0.3 is 19.5 Å². The lowest BCUT2D eigenvalue weighted by Gasteiger charge is -2.13. The number of rotatable bonds is 6. The minimum absolute atomic E-state index is 0.566. The molecule has 28 heavy (non-hydrogen) atoms. The van der Waals surface area contributed by atoms with Gasteiger partial charge in [-0.15, -0.1) is 0 Å². The van der Waals surface area contributed by atoms with Gasteiger partial charge in [0.1, 0.15) is 5.65 Å². The van der Waals surface area contributed by atoms with Crippen molar-refractivity contribution in [2.75, 3.05) is 26.6 Å². The Hall–Kier alpha value is -3.81. The van der Waals surface area contributed by atoms with Gasteiger partial charge in [-0.05, 0) is 30.3 Å². The molecule has 0 amide bonds. The van der Waals surface area contributed by atoms with Gasteiger partial charge >= 0.3 is 0 Å². The van der Waals surface area contributed by atoms with Crippen LogP contribution in [0.15, 0.2) is 55.0 Å². The lowest BCUT2D eigenvalue weighted by Crippen LogP contribution is -2.05. The topological polar surface area (TPSA) is 82.8 Å². The normalized spacial score (nSPS) is 10.7. The maximum atomic E-state index is 5.41. The van der Waals surface area contributed by atoms with Crippen molar-refractivity contribution in [2.24, 2.45) is 0 Å². The van der Waals surface area contributed by atoms with Crippen molar-refractivity contribution in [3.63, 3.8) is 0 Å². The number of nitrogens with zero attached hydrogens (tertiary/aromatic N) is 4. The molecule has 4 aromatic rings. The van der Waals surface area contributed by atoms with Gasteiger partial charge in [-0.3, -0.25) is 4.40 Å².